The number of ether oxygens (including phenoxy) is 2. The summed E-state index contributed by atoms with van der Waals surface area (Å²) >= 11 is 1.34. The standard InChI is InChI=1S/C21H20N4O4S/c1-3-17(29-20(27)12-5-7-14-16(9-12)23-11-22-14)19(26)25-21-24-15-8-6-13(28-4-2)10-18(15)30-21/h5-11,17H,3-4H2,1-2H3,(H,22,23)(H,24,25,26). The summed E-state index contributed by atoms with van der Waals surface area (Å²) in [5, 5.41) is 3.19. The highest BCUT2D eigenvalue weighted by Crippen LogP contribution is 2.29. The molecule has 0 saturated heterocycles. The van der Waals surface area contributed by atoms with Crippen molar-refractivity contribution < 1.29 is 19.1 Å². The number of imidazole rings is 1. The van der Waals surface area contributed by atoms with Crippen LogP contribution in [0.2, 0.25) is 0 Å². The Labute approximate surface area is 176 Å². The van der Waals surface area contributed by atoms with Gasteiger partial charge in [-0.05, 0) is 49.7 Å². The number of carbonyl (C=O) groups is 2. The van der Waals surface area contributed by atoms with Crippen LogP contribution in [0.4, 0.5) is 5.13 Å². The van der Waals surface area contributed by atoms with E-state index in [1.54, 1.807) is 31.5 Å². The molecule has 1 amide bonds. The van der Waals surface area contributed by atoms with Gasteiger partial charge in [-0.15, -0.1) is 0 Å². The summed E-state index contributed by atoms with van der Waals surface area (Å²) in [5.74, 6) is -0.238. The molecule has 2 aromatic heterocycles. The van der Waals surface area contributed by atoms with Crippen LogP contribution >= 0.6 is 11.3 Å². The number of hydrogen-bond acceptors (Lipinski definition) is 7. The second kappa shape index (κ2) is 8.50. The molecule has 0 aliphatic rings. The molecular formula is C21H20N4O4S. The lowest BCUT2D eigenvalue weighted by Crippen LogP contribution is -2.32. The first-order chi connectivity index (χ1) is 14.6. The first-order valence-corrected chi connectivity index (χ1v) is 10.4. The number of amides is 1. The highest BCUT2D eigenvalue weighted by Gasteiger charge is 2.23. The summed E-state index contributed by atoms with van der Waals surface area (Å²) in [7, 11) is 0. The Balaban J connectivity index is 1.45. The van der Waals surface area contributed by atoms with E-state index in [9.17, 15) is 9.59 Å². The third-order valence-corrected chi connectivity index (χ3v) is 5.40. The topological polar surface area (TPSA) is 106 Å². The summed E-state index contributed by atoms with van der Waals surface area (Å²) in [5.41, 5.74) is 2.58. The molecule has 1 unspecified atom stereocenters. The zero-order valence-corrected chi connectivity index (χ0v) is 17.3. The lowest BCUT2D eigenvalue weighted by molar-refractivity contribution is -0.124. The monoisotopic (exact) mass is 424 g/mol. The van der Waals surface area contributed by atoms with Crippen molar-refractivity contribution >= 4 is 49.6 Å². The summed E-state index contributed by atoms with van der Waals surface area (Å²) in [4.78, 5) is 36.7. The van der Waals surface area contributed by atoms with Gasteiger partial charge >= 0.3 is 5.97 Å². The van der Waals surface area contributed by atoms with Crippen LogP contribution in [0.5, 0.6) is 5.75 Å². The Morgan fingerprint density at radius 3 is 2.80 bits per heavy atom. The molecule has 4 rings (SSSR count). The molecule has 154 valence electrons. The van der Waals surface area contributed by atoms with E-state index in [-0.39, 0.29) is 0 Å². The summed E-state index contributed by atoms with van der Waals surface area (Å²) in [6, 6.07) is 10.6. The van der Waals surface area contributed by atoms with Crippen molar-refractivity contribution in [3.05, 3.63) is 48.3 Å². The van der Waals surface area contributed by atoms with Gasteiger partial charge in [0.15, 0.2) is 11.2 Å². The molecular weight excluding hydrogens is 404 g/mol. The summed E-state index contributed by atoms with van der Waals surface area (Å²) in [6.45, 7) is 4.27. The third kappa shape index (κ3) is 4.11. The summed E-state index contributed by atoms with van der Waals surface area (Å²) in [6.07, 6.45) is 0.960. The number of hydrogen-bond donors (Lipinski definition) is 2. The summed E-state index contributed by atoms with van der Waals surface area (Å²) < 4.78 is 11.8. The van der Waals surface area contributed by atoms with Crippen LogP contribution in [-0.2, 0) is 9.53 Å². The molecule has 9 heteroatoms. The zero-order chi connectivity index (χ0) is 21.1. The van der Waals surface area contributed by atoms with Gasteiger partial charge < -0.3 is 14.5 Å². The van der Waals surface area contributed by atoms with Crippen LogP contribution < -0.4 is 10.1 Å². The first-order valence-electron chi connectivity index (χ1n) is 9.55. The fraction of sp³-hybridized carbons (Fsp3) is 0.238. The van der Waals surface area contributed by atoms with Crippen LogP contribution in [0, 0.1) is 0 Å². The third-order valence-electron chi connectivity index (χ3n) is 4.47. The number of aromatic nitrogens is 3. The van der Waals surface area contributed by atoms with Crippen LogP contribution in [0.1, 0.15) is 30.6 Å². The quantitative estimate of drug-likeness (QED) is 0.432. The van der Waals surface area contributed by atoms with Crippen molar-refractivity contribution in [2.24, 2.45) is 0 Å². The van der Waals surface area contributed by atoms with Crippen LogP contribution in [0.25, 0.3) is 21.3 Å². The maximum absolute atomic E-state index is 12.7. The lowest BCUT2D eigenvalue weighted by atomic mass is 10.2. The van der Waals surface area contributed by atoms with Gasteiger partial charge in [0.1, 0.15) is 5.75 Å². The Bertz CT molecular complexity index is 1220. The van der Waals surface area contributed by atoms with E-state index in [4.69, 9.17) is 9.47 Å². The number of aromatic amines is 1. The van der Waals surface area contributed by atoms with E-state index in [2.05, 4.69) is 20.3 Å². The number of carbonyl (C=O) groups excluding carboxylic acids is 2. The lowest BCUT2D eigenvalue weighted by Gasteiger charge is -2.15. The maximum Gasteiger partial charge on any atom is 0.338 e. The van der Waals surface area contributed by atoms with E-state index < -0.39 is 18.0 Å². The predicted octanol–water partition coefficient (Wildman–Crippen LogP) is 4.15. The highest BCUT2D eigenvalue weighted by atomic mass is 32.1. The van der Waals surface area contributed by atoms with Gasteiger partial charge in [-0.1, -0.05) is 18.3 Å². The fourth-order valence-corrected chi connectivity index (χ4v) is 3.88. The minimum atomic E-state index is -0.930. The molecule has 0 aliphatic carbocycles. The molecule has 2 N–H and O–H groups in total. The van der Waals surface area contributed by atoms with E-state index in [0.717, 1.165) is 27.0 Å². The van der Waals surface area contributed by atoms with Crippen molar-refractivity contribution in [2.75, 3.05) is 11.9 Å². The van der Waals surface area contributed by atoms with E-state index in [0.29, 0.717) is 23.7 Å². The van der Waals surface area contributed by atoms with Crippen LogP contribution in [0.3, 0.4) is 0 Å². The minimum absolute atomic E-state index is 0.337. The average molecular weight is 424 g/mol. The van der Waals surface area contributed by atoms with E-state index in [1.807, 2.05) is 25.1 Å². The Kier molecular flexibility index (Phi) is 5.62. The number of H-pyrrole nitrogens is 1. The smallest absolute Gasteiger partial charge is 0.338 e. The molecule has 0 spiro atoms. The molecule has 8 nitrogen and oxygen atoms in total. The van der Waals surface area contributed by atoms with Crippen LogP contribution in [-0.4, -0.2) is 39.5 Å². The highest BCUT2D eigenvalue weighted by molar-refractivity contribution is 7.22. The number of esters is 1. The van der Waals surface area contributed by atoms with Crippen molar-refractivity contribution in [3.8, 4) is 5.75 Å². The molecule has 0 fully saturated rings. The molecule has 1 atom stereocenters. The molecule has 0 radical (unpaired) electrons. The molecule has 2 aromatic carbocycles. The van der Waals surface area contributed by atoms with Gasteiger partial charge in [0.2, 0.25) is 0 Å². The Morgan fingerprint density at radius 2 is 2.00 bits per heavy atom. The average Bonchev–Trinajstić information content (AvgIpc) is 3.37. The first kappa shape index (κ1) is 19.8. The van der Waals surface area contributed by atoms with E-state index >= 15 is 0 Å². The minimum Gasteiger partial charge on any atom is -0.494 e. The maximum atomic E-state index is 12.7. The number of nitrogens with one attached hydrogen (secondary N) is 2. The van der Waals surface area contributed by atoms with Crippen molar-refractivity contribution in [2.45, 2.75) is 26.4 Å². The number of anilines is 1. The number of benzene rings is 2. The van der Waals surface area contributed by atoms with Gasteiger partial charge in [0, 0.05) is 0 Å². The second-order valence-electron chi connectivity index (χ2n) is 6.51. The largest absolute Gasteiger partial charge is 0.494 e. The van der Waals surface area contributed by atoms with Gasteiger partial charge in [-0.2, -0.15) is 0 Å². The number of thiazole rings is 1. The van der Waals surface area contributed by atoms with E-state index in [1.165, 1.54) is 11.3 Å². The fourth-order valence-electron chi connectivity index (χ4n) is 2.98. The molecule has 0 saturated carbocycles. The van der Waals surface area contributed by atoms with Crippen molar-refractivity contribution in [1.29, 1.82) is 0 Å². The van der Waals surface area contributed by atoms with Crippen molar-refractivity contribution in [1.82, 2.24) is 15.0 Å². The number of fused-ring (bicyclic) bond motifs is 2. The predicted molar refractivity (Wildman–Crippen MR) is 115 cm³/mol. The molecule has 2 heterocycles. The molecule has 0 aliphatic heterocycles. The zero-order valence-electron chi connectivity index (χ0n) is 16.5. The van der Waals surface area contributed by atoms with Gasteiger partial charge in [0.25, 0.3) is 5.91 Å². The van der Waals surface area contributed by atoms with Gasteiger partial charge in [-0.25, -0.2) is 14.8 Å². The molecule has 4 aromatic rings. The van der Waals surface area contributed by atoms with Gasteiger partial charge in [0.05, 0.1) is 39.7 Å². The van der Waals surface area contributed by atoms with Crippen molar-refractivity contribution in [3.63, 3.8) is 0 Å². The van der Waals surface area contributed by atoms with Crippen LogP contribution in [0.15, 0.2) is 42.7 Å². The Hall–Kier alpha value is -3.46. The second-order valence-corrected chi connectivity index (χ2v) is 7.54. The SMILES string of the molecule is CCOc1ccc2nc(NC(=O)C(CC)OC(=O)c3ccc4nc[nH]c4c3)sc2c1. The number of nitrogens with zero attached hydrogens (tertiary/aromatic N) is 2. The number of rotatable bonds is 7. The normalized spacial score (nSPS) is 12.1. The Morgan fingerprint density at radius 1 is 1.17 bits per heavy atom. The molecule has 0 bridgehead atoms. The van der Waals surface area contributed by atoms with Gasteiger partial charge in [-0.3, -0.25) is 10.1 Å². The molecule has 30 heavy (non-hydrogen) atoms.